The molecule has 0 saturated carbocycles. The molecule has 1 fully saturated rings. The molecule has 0 N–H and O–H groups in total. The number of carbonyl (C=O) groups excluding carboxylic acids is 4. The van der Waals surface area contributed by atoms with E-state index >= 15 is 0 Å². The number of nitrogens with zero attached hydrogens (tertiary/aromatic N) is 1. The van der Waals surface area contributed by atoms with E-state index in [1.165, 1.54) is 6.21 Å². The summed E-state index contributed by atoms with van der Waals surface area (Å²) in [5.41, 5.74) is 1.52. The molecule has 6 rings (SSSR count). The maximum atomic E-state index is 13.8. The van der Waals surface area contributed by atoms with Crippen LogP contribution in [0.5, 0.6) is 5.75 Å². The lowest BCUT2D eigenvalue weighted by atomic mass is 9.96. The van der Waals surface area contributed by atoms with Crippen LogP contribution in [0, 0.1) is 0 Å². The van der Waals surface area contributed by atoms with Gasteiger partial charge >= 0.3 is 23.9 Å². The quantitative estimate of drug-likeness (QED) is 0.0815. The third kappa shape index (κ3) is 9.40. The third-order valence-electron chi connectivity index (χ3n) is 8.25. The Balaban J connectivity index is 1.42. The molecule has 1 saturated heterocycles. The third-order valence-corrected chi connectivity index (χ3v) is 8.25. The first kappa shape index (κ1) is 36.2. The standard InChI is InChI=1S/C42H35NO10/c1-48-33-24-22-28(23-25-33)26-43-35-37(52-40(46)31-18-10-4-11-19-31)36(51-39(45)30-16-8-3-9-17-30)34(27-49-38(44)29-14-6-2-7-15-29)50-42(35)53-41(47)32-20-12-5-13-21-32/h2-26,34-37,42H,27H2,1H3/t34-,35+,36+,37-,42+/m0/s1. The minimum absolute atomic E-state index is 0.204. The molecule has 53 heavy (non-hydrogen) atoms. The second kappa shape index (κ2) is 17.6. The van der Waals surface area contributed by atoms with Crippen LogP contribution < -0.4 is 4.74 Å². The van der Waals surface area contributed by atoms with Gasteiger partial charge in [0.15, 0.2) is 18.2 Å². The Morgan fingerprint density at radius 3 is 1.47 bits per heavy atom. The molecule has 268 valence electrons. The maximum absolute atomic E-state index is 13.8. The Labute approximate surface area is 305 Å². The summed E-state index contributed by atoms with van der Waals surface area (Å²) < 4.78 is 35.4. The molecule has 1 aliphatic heterocycles. The molecule has 0 radical (unpaired) electrons. The molecule has 0 aliphatic carbocycles. The van der Waals surface area contributed by atoms with Gasteiger partial charge in [0.2, 0.25) is 6.29 Å². The van der Waals surface area contributed by atoms with Gasteiger partial charge in [-0.2, -0.15) is 0 Å². The fourth-order valence-corrected chi connectivity index (χ4v) is 5.51. The van der Waals surface area contributed by atoms with E-state index < -0.39 is 61.1 Å². The minimum atomic E-state index is -1.52. The predicted molar refractivity (Wildman–Crippen MR) is 193 cm³/mol. The second-order valence-electron chi connectivity index (χ2n) is 11.8. The molecular formula is C42H35NO10. The Hall–Kier alpha value is -6.59. The van der Waals surface area contributed by atoms with Gasteiger partial charge in [-0.25, -0.2) is 19.2 Å². The van der Waals surface area contributed by atoms with E-state index in [1.807, 2.05) is 0 Å². The highest BCUT2D eigenvalue weighted by atomic mass is 16.7. The van der Waals surface area contributed by atoms with Crippen molar-refractivity contribution in [3.05, 3.63) is 173 Å². The van der Waals surface area contributed by atoms with Crippen molar-refractivity contribution in [1.29, 1.82) is 0 Å². The molecule has 0 aromatic heterocycles. The number of ether oxygens (including phenoxy) is 6. The zero-order valence-corrected chi connectivity index (χ0v) is 28.6. The van der Waals surface area contributed by atoms with Gasteiger partial charge in [-0.1, -0.05) is 72.8 Å². The smallest absolute Gasteiger partial charge is 0.340 e. The average molecular weight is 714 g/mol. The lowest BCUT2D eigenvalue weighted by Gasteiger charge is -2.43. The number of esters is 4. The van der Waals surface area contributed by atoms with Crippen molar-refractivity contribution in [2.45, 2.75) is 30.6 Å². The van der Waals surface area contributed by atoms with Gasteiger partial charge in [-0.3, -0.25) is 4.99 Å². The van der Waals surface area contributed by atoms with Crippen LogP contribution in [0.4, 0.5) is 0 Å². The summed E-state index contributed by atoms with van der Waals surface area (Å²) in [6.07, 6.45) is -4.16. The first-order valence-corrected chi connectivity index (χ1v) is 16.7. The van der Waals surface area contributed by atoms with Crippen molar-refractivity contribution in [3.8, 4) is 5.75 Å². The molecule has 0 spiro atoms. The van der Waals surface area contributed by atoms with Gasteiger partial charge in [0.1, 0.15) is 18.5 Å². The molecule has 11 nitrogen and oxygen atoms in total. The zero-order chi connectivity index (χ0) is 37.0. The first-order valence-electron chi connectivity index (χ1n) is 16.7. The number of aliphatic imine (C=N–C) groups is 1. The van der Waals surface area contributed by atoms with Gasteiger partial charge in [0, 0.05) is 6.21 Å². The van der Waals surface area contributed by atoms with Crippen LogP contribution in [0.1, 0.15) is 47.0 Å². The van der Waals surface area contributed by atoms with E-state index in [0.29, 0.717) is 11.3 Å². The summed E-state index contributed by atoms with van der Waals surface area (Å²) >= 11 is 0. The van der Waals surface area contributed by atoms with E-state index in [9.17, 15) is 19.2 Å². The van der Waals surface area contributed by atoms with Gasteiger partial charge < -0.3 is 28.4 Å². The van der Waals surface area contributed by atoms with Crippen LogP contribution in [-0.4, -0.2) is 74.5 Å². The molecule has 5 aromatic carbocycles. The van der Waals surface area contributed by atoms with Gasteiger partial charge in [0.05, 0.1) is 29.4 Å². The first-order chi connectivity index (χ1) is 25.9. The highest BCUT2D eigenvalue weighted by Crippen LogP contribution is 2.32. The largest absolute Gasteiger partial charge is 0.497 e. The van der Waals surface area contributed by atoms with Crippen LogP contribution in [0.3, 0.4) is 0 Å². The fourth-order valence-electron chi connectivity index (χ4n) is 5.51. The van der Waals surface area contributed by atoms with E-state index in [4.69, 9.17) is 33.4 Å². The molecule has 0 unspecified atom stereocenters. The SMILES string of the molecule is COc1ccc(C=N[C@H]2[C@@H](OC(=O)c3ccccc3)O[C@@H](COC(=O)c3ccccc3)[C@@H](OC(=O)c3ccccc3)[C@H]2OC(=O)c2ccccc2)cc1. The normalized spacial score (nSPS) is 19.5. The van der Waals surface area contributed by atoms with E-state index in [2.05, 4.69) is 0 Å². The summed E-state index contributed by atoms with van der Waals surface area (Å²) in [5.74, 6) is -2.35. The minimum Gasteiger partial charge on any atom is -0.497 e. The van der Waals surface area contributed by atoms with Crippen LogP contribution in [0.25, 0.3) is 0 Å². The van der Waals surface area contributed by atoms with E-state index in [0.717, 1.165) is 0 Å². The number of benzene rings is 5. The molecule has 1 heterocycles. The maximum Gasteiger partial charge on any atom is 0.340 e. The monoisotopic (exact) mass is 713 g/mol. The van der Waals surface area contributed by atoms with Crippen molar-refractivity contribution < 1.29 is 47.6 Å². The van der Waals surface area contributed by atoms with E-state index in [1.54, 1.807) is 153 Å². The van der Waals surface area contributed by atoms with Crippen LogP contribution in [-0.2, 0) is 23.7 Å². The Morgan fingerprint density at radius 1 is 0.566 bits per heavy atom. The topological polar surface area (TPSA) is 136 Å². The number of rotatable bonds is 12. The number of hydrogen-bond acceptors (Lipinski definition) is 11. The summed E-state index contributed by atoms with van der Waals surface area (Å²) in [7, 11) is 1.55. The lowest BCUT2D eigenvalue weighted by Crippen LogP contribution is -2.61. The number of carbonyl (C=O) groups is 4. The van der Waals surface area contributed by atoms with Gasteiger partial charge in [-0.05, 0) is 78.4 Å². The Morgan fingerprint density at radius 2 is 1.00 bits per heavy atom. The molecule has 5 atom stereocenters. The summed E-state index contributed by atoms with van der Waals surface area (Å²) in [6, 6.07) is 38.6. The van der Waals surface area contributed by atoms with Crippen molar-refractivity contribution in [3.63, 3.8) is 0 Å². The van der Waals surface area contributed by atoms with Crippen molar-refractivity contribution in [1.82, 2.24) is 0 Å². The number of methoxy groups -OCH3 is 1. The summed E-state index contributed by atoms with van der Waals surface area (Å²) in [6.45, 7) is -0.478. The summed E-state index contributed by atoms with van der Waals surface area (Å²) in [4.78, 5) is 58.7. The van der Waals surface area contributed by atoms with Gasteiger partial charge in [0.25, 0.3) is 0 Å². The Kier molecular flexibility index (Phi) is 12.0. The molecule has 1 aliphatic rings. The highest BCUT2D eigenvalue weighted by molar-refractivity contribution is 5.91. The lowest BCUT2D eigenvalue weighted by molar-refractivity contribution is -0.247. The van der Waals surface area contributed by atoms with E-state index in [-0.39, 0.29) is 22.3 Å². The number of hydrogen-bond donors (Lipinski definition) is 0. The second-order valence-corrected chi connectivity index (χ2v) is 11.8. The van der Waals surface area contributed by atoms with Crippen LogP contribution in [0.15, 0.2) is 151 Å². The Bertz CT molecular complexity index is 2010. The molecule has 5 aromatic rings. The summed E-state index contributed by atoms with van der Waals surface area (Å²) in [5, 5.41) is 0. The van der Waals surface area contributed by atoms with Crippen LogP contribution >= 0.6 is 0 Å². The molecule has 0 amide bonds. The molecule has 0 bridgehead atoms. The average Bonchev–Trinajstić information content (AvgIpc) is 3.22. The molecular weight excluding hydrogens is 678 g/mol. The van der Waals surface area contributed by atoms with Crippen molar-refractivity contribution in [2.24, 2.45) is 4.99 Å². The fraction of sp³-hybridized carbons (Fsp3) is 0.167. The van der Waals surface area contributed by atoms with Crippen molar-refractivity contribution >= 4 is 30.1 Å². The van der Waals surface area contributed by atoms with Gasteiger partial charge in [-0.15, -0.1) is 0 Å². The van der Waals surface area contributed by atoms with Crippen LogP contribution in [0.2, 0.25) is 0 Å². The van der Waals surface area contributed by atoms with Crippen molar-refractivity contribution in [2.75, 3.05) is 13.7 Å². The zero-order valence-electron chi connectivity index (χ0n) is 28.6. The predicted octanol–water partition coefficient (Wildman–Crippen LogP) is 6.37. The molecule has 11 heteroatoms. The highest BCUT2D eigenvalue weighted by Gasteiger charge is 2.52.